The van der Waals surface area contributed by atoms with Crippen LogP contribution >= 0.6 is 11.3 Å². The maximum Gasteiger partial charge on any atom is 0.272 e. The Labute approximate surface area is 155 Å². The zero-order chi connectivity index (χ0) is 18.3. The summed E-state index contributed by atoms with van der Waals surface area (Å²) in [5.41, 5.74) is 2.26. The van der Waals surface area contributed by atoms with E-state index in [1.54, 1.807) is 46.3 Å². The topological polar surface area (TPSA) is 67.6 Å². The normalized spacial score (nSPS) is 13.8. The van der Waals surface area contributed by atoms with Crippen LogP contribution in [-0.2, 0) is 13.6 Å². The number of rotatable bonds is 2. The molecule has 1 aliphatic rings. The number of nitrogens with zero attached hydrogens (tertiary/aromatic N) is 3. The van der Waals surface area contributed by atoms with Crippen molar-refractivity contribution in [2.24, 2.45) is 7.05 Å². The highest BCUT2D eigenvalue weighted by atomic mass is 32.1. The Bertz CT molecular complexity index is 976. The van der Waals surface area contributed by atoms with E-state index in [1.807, 2.05) is 12.1 Å². The lowest BCUT2D eigenvalue weighted by atomic mass is 10.1. The summed E-state index contributed by atoms with van der Waals surface area (Å²) in [4.78, 5) is 16.8. The van der Waals surface area contributed by atoms with Gasteiger partial charge in [0.05, 0.1) is 6.54 Å². The van der Waals surface area contributed by atoms with Crippen LogP contribution in [0.25, 0.3) is 10.4 Å². The van der Waals surface area contributed by atoms with Gasteiger partial charge in [-0.2, -0.15) is 5.10 Å². The molecule has 0 fully saturated rings. The zero-order valence-corrected chi connectivity index (χ0v) is 15.4. The second kappa shape index (κ2) is 6.49. The number of hydrogen-bond donors (Lipinski definition) is 1. The number of hydrogen-bond acceptors (Lipinski definition) is 5. The smallest absolute Gasteiger partial charge is 0.272 e. The number of thiophene rings is 1. The fourth-order valence-electron chi connectivity index (χ4n) is 3.15. The second-order valence-corrected chi connectivity index (χ2v) is 7.60. The molecule has 4 rings (SSSR count). The van der Waals surface area contributed by atoms with Crippen LogP contribution in [0, 0.1) is 6.92 Å². The Morgan fingerprint density at radius 1 is 1.31 bits per heavy atom. The summed E-state index contributed by atoms with van der Waals surface area (Å²) in [6.07, 6.45) is 1.61. The molecule has 3 aromatic rings. The molecule has 0 unspecified atom stereocenters. The van der Waals surface area contributed by atoms with Crippen molar-refractivity contribution in [2.75, 3.05) is 13.2 Å². The molecule has 0 aliphatic carbocycles. The fourth-order valence-corrected chi connectivity index (χ4v) is 4.00. The standard InChI is InChI=1S/C19H19N3O3S/c1-12-3-4-17(26-12)13-9-14-11-22(7-8-25-18(14)16(23)10-13)19(24)15-5-6-20-21(15)2/h3-6,9-10,23H,7-8,11H2,1-2H3. The van der Waals surface area contributed by atoms with Gasteiger partial charge in [-0.15, -0.1) is 11.3 Å². The van der Waals surface area contributed by atoms with Crippen LogP contribution in [0.4, 0.5) is 0 Å². The molecule has 0 saturated carbocycles. The monoisotopic (exact) mass is 369 g/mol. The summed E-state index contributed by atoms with van der Waals surface area (Å²) < 4.78 is 7.31. The minimum Gasteiger partial charge on any atom is -0.504 e. The van der Waals surface area contributed by atoms with E-state index in [-0.39, 0.29) is 11.7 Å². The zero-order valence-electron chi connectivity index (χ0n) is 14.6. The minimum absolute atomic E-state index is 0.0988. The van der Waals surface area contributed by atoms with Gasteiger partial charge < -0.3 is 14.7 Å². The molecule has 0 radical (unpaired) electrons. The molecule has 6 nitrogen and oxygen atoms in total. The summed E-state index contributed by atoms with van der Waals surface area (Å²) in [7, 11) is 1.75. The number of benzene rings is 1. The number of carbonyl (C=O) groups is 1. The number of fused-ring (bicyclic) bond motifs is 1. The average Bonchev–Trinajstić information content (AvgIpc) is 3.17. The van der Waals surface area contributed by atoms with Gasteiger partial charge in [-0.25, -0.2) is 0 Å². The summed E-state index contributed by atoms with van der Waals surface area (Å²) in [5.74, 6) is 0.471. The molecule has 0 spiro atoms. The van der Waals surface area contributed by atoms with Gasteiger partial charge in [-0.05, 0) is 42.8 Å². The van der Waals surface area contributed by atoms with E-state index in [1.165, 1.54) is 4.88 Å². The third-order valence-electron chi connectivity index (χ3n) is 4.47. The van der Waals surface area contributed by atoms with E-state index in [2.05, 4.69) is 18.1 Å². The van der Waals surface area contributed by atoms with Crippen LogP contribution < -0.4 is 4.74 Å². The number of aromatic nitrogens is 2. The van der Waals surface area contributed by atoms with Gasteiger partial charge in [-0.1, -0.05) is 0 Å². The van der Waals surface area contributed by atoms with Crippen molar-refractivity contribution in [1.29, 1.82) is 0 Å². The van der Waals surface area contributed by atoms with Crippen LogP contribution in [0.15, 0.2) is 36.5 Å². The lowest BCUT2D eigenvalue weighted by Crippen LogP contribution is -2.33. The molecular formula is C19H19N3O3S. The predicted molar refractivity (Wildman–Crippen MR) is 99.6 cm³/mol. The minimum atomic E-state index is -0.0988. The Kier molecular flexibility index (Phi) is 4.16. The Hall–Kier alpha value is -2.80. The largest absolute Gasteiger partial charge is 0.504 e. The van der Waals surface area contributed by atoms with E-state index >= 15 is 0 Å². The number of carbonyl (C=O) groups excluding carboxylic acids is 1. The Morgan fingerprint density at radius 3 is 2.85 bits per heavy atom. The maximum atomic E-state index is 12.8. The van der Waals surface area contributed by atoms with Crippen LogP contribution in [0.1, 0.15) is 20.9 Å². The van der Waals surface area contributed by atoms with Gasteiger partial charge in [0, 0.05) is 35.1 Å². The third kappa shape index (κ3) is 2.94. The van der Waals surface area contributed by atoms with Crippen molar-refractivity contribution in [2.45, 2.75) is 13.5 Å². The molecule has 3 heterocycles. The summed E-state index contributed by atoms with van der Waals surface area (Å²) in [6, 6.07) is 9.52. The first-order valence-corrected chi connectivity index (χ1v) is 9.17. The van der Waals surface area contributed by atoms with Gasteiger partial charge in [-0.3, -0.25) is 9.48 Å². The van der Waals surface area contributed by atoms with Gasteiger partial charge >= 0.3 is 0 Å². The van der Waals surface area contributed by atoms with Crippen LogP contribution in [0.5, 0.6) is 11.5 Å². The van der Waals surface area contributed by atoms with E-state index in [0.29, 0.717) is 31.1 Å². The molecule has 1 aromatic carbocycles. The molecule has 1 N–H and O–H groups in total. The SMILES string of the molecule is Cc1ccc(-c2cc(O)c3c(c2)CN(C(=O)c2ccnn2C)CCO3)s1. The van der Waals surface area contributed by atoms with Gasteiger partial charge in [0.25, 0.3) is 5.91 Å². The number of aromatic hydroxyl groups is 1. The molecule has 0 bridgehead atoms. The summed E-state index contributed by atoms with van der Waals surface area (Å²) in [5, 5.41) is 14.5. The number of phenols is 1. The summed E-state index contributed by atoms with van der Waals surface area (Å²) in [6.45, 7) is 3.22. The average molecular weight is 369 g/mol. The molecule has 26 heavy (non-hydrogen) atoms. The number of ether oxygens (including phenoxy) is 1. The molecule has 134 valence electrons. The van der Waals surface area contributed by atoms with Crippen molar-refractivity contribution >= 4 is 17.2 Å². The van der Waals surface area contributed by atoms with Crippen LogP contribution in [0.2, 0.25) is 0 Å². The van der Waals surface area contributed by atoms with E-state index in [0.717, 1.165) is 16.0 Å². The fraction of sp³-hybridized carbons (Fsp3) is 0.263. The lowest BCUT2D eigenvalue weighted by Gasteiger charge is -2.20. The Morgan fingerprint density at radius 2 is 2.15 bits per heavy atom. The highest BCUT2D eigenvalue weighted by molar-refractivity contribution is 7.15. The van der Waals surface area contributed by atoms with Crippen molar-refractivity contribution in [3.05, 3.63) is 52.7 Å². The number of phenolic OH excluding ortho intramolecular Hbond substituents is 1. The van der Waals surface area contributed by atoms with Gasteiger partial charge in [0.1, 0.15) is 12.3 Å². The van der Waals surface area contributed by atoms with E-state index in [4.69, 9.17) is 4.74 Å². The molecular weight excluding hydrogens is 350 g/mol. The first-order chi connectivity index (χ1) is 12.5. The maximum absolute atomic E-state index is 12.8. The molecule has 2 aromatic heterocycles. The molecule has 0 atom stereocenters. The first kappa shape index (κ1) is 16.7. The summed E-state index contributed by atoms with van der Waals surface area (Å²) >= 11 is 1.67. The predicted octanol–water partition coefficient (Wildman–Crippen LogP) is 3.20. The van der Waals surface area contributed by atoms with Crippen molar-refractivity contribution in [3.63, 3.8) is 0 Å². The van der Waals surface area contributed by atoms with Crippen molar-refractivity contribution < 1.29 is 14.6 Å². The molecule has 7 heteroatoms. The van der Waals surface area contributed by atoms with Gasteiger partial charge in [0.15, 0.2) is 11.5 Å². The highest BCUT2D eigenvalue weighted by Gasteiger charge is 2.25. The van der Waals surface area contributed by atoms with Crippen LogP contribution in [-0.4, -0.2) is 38.8 Å². The number of amides is 1. The number of aryl methyl sites for hydroxylation is 2. The van der Waals surface area contributed by atoms with Crippen molar-refractivity contribution in [1.82, 2.24) is 14.7 Å². The van der Waals surface area contributed by atoms with Crippen LogP contribution in [0.3, 0.4) is 0 Å². The quantitative estimate of drug-likeness (QED) is 0.753. The molecule has 1 amide bonds. The highest BCUT2D eigenvalue weighted by Crippen LogP contribution is 2.39. The first-order valence-electron chi connectivity index (χ1n) is 8.35. The van der Waals surface area contributed by atoms with Crippen molar-refractivity contribution in [3.8, 4) is 21.9 Å². The third-order valence-corrected chi connectivity index (χ3v) is 5.52. The van der Waals surface area contributed by atoms with E-state index in [9.17, 15) is 9.90 Å². The molecule has 0 saturated heterocycles. The van der Waals surface area contributed by atoms with E-state index < -0.39 is 0 Å². The second-order valence-electron chi connectivity index (χ2n) is 6.31. The molecule has 1 aliphatic heterocycles. The van der Waals surface area contributed by atoms with Gasteiger partial charge in [0.2, 0.25) is 0 Å². The Balaban J connectivity index is 1.70. The lowest BCUT2D eigenvalue weighted by molar-refractivity contribution is 0.0722.